The summed E-state index contributed by atoms with van der Waals surface area (Å²) in [4.78, 5) is 23.8. The number of carbonyl (C=O) groups excluding carboxylic acids is 2. The fraction of sp³-hybridized carbons (Fsp3) is 0.429. The smallest absolute Gasteiger partial charge is 0.240 e. The summed E-state index contributed by atoms with van der Waals surface area (Å²) in [6.07, 6.45) is 0.597. The zero-order chi connectivity index (χ0) is 13.0. The van der Waals surface area contributed by atoms with Crippen molar-refractivity contribution in [3.05, 3.63) is 29.8 Å². The number of para-hydroxylation sites is 1. The standard InChI is InChI=1S/C14H12O3S2/c15-11-10-13(12(11)16)17-9-5-2-1-4-8(9)14(10)18-6-3-7-19-14/h1-2,4-5,10,13H,3,6-7H2/t10-,13-/m0/s1. The molecule has 4 rings (SSSR count). The average Bonchev–Trinajstić information content (AvgIpc) is 2.47. The molecule has 5 heteroatoms. The van der Waals surface area contributed by atoms with Crippen LogP contribution in [0.2, 0.25) is 0 Å². The molecule has 1 spiro atoms. The zero-order valence-corrected chi connectivity index (χ0v) is 11.8. The highest BCUT2D eigenvalue weighted by Gasteiger charge is 2.65. The van der Waals surface area contributed by atoms with Crippen LogP contribution in [0.1, 0.15) is 12.0 Å². The fourth-order valence-corrected chi connectivity index (χ4v) is 6.69. The maximum atomic E-state index is 12.0. The Kier molecular flexibility index (Phi) is 2.51. The molecule has 3 aliphatic rings. The van der Waals surface area contributed by atoms with E-state index in [1.807, 2.05) is 47.8 Å². The SMILES string of the molecule is O=C1C(=O)[C@H]2[C@@H]1Oc1ccccc1C21SCCCS1. The van der Waals surface area contributed by atoms with Crippen molar-refractivity contribution >= 4 is 35.1 Å². The van der Waals surface area contributed by atoms with Crippen LogP contribution < -0.4 is 4.74 Å². The lowest BCUT2D eigenvalue weighted by Crippen LogP contribution is -2.64. The maximum absolute atomic E-state index is 12.0. The third-order valence-corrected chi connectivity index (χ3v) is 7.43. The van der Waals surface area contributed by atoms with Crippen molar-refractivity contribution in [1.82, 2.24) is 0 Å². The highest BCUT2D eigenvalue weighted by atomic mass is 32.2. The lowest BCUT2D eigenvalue weighted by molar-refractivity contribution is -0.158. The second kappa shape index (κ2) is 4.03. The molecule has 19 heavy (non-hydrogen) atoms. The van der Waals surface area contributed by atoms with E-state index in [1.54, 1.807) is 0 Å². The summed E-state index contributed by atoms with van der Waals surface area (Å²) < 4.78 is 5.44. The molecule has 0 bridgehead atoms. The molecule has 0 N–H and O–H groups in total. The van der Waals surface area contributed by atoms with Crippen LogP contribution in [-0.2, 0) is 13.7 Å². The first-order chi connectivity index (χ1) is 9.24. The van der Waals surface area contributed by atoms with Crippen molar-refractivity contribution in [3.63, 3.8) is 0 Å². The Hall–Kier alpha value is -0.940. The molecular weight excluding hydrogens is 280 g/mol. The molecule has 0 unspecified atom stereocenters. The van der Waals surface area contributed by atoms with Gasteiger partial charge in [0.15, 0.2) is 6.10 Å². The number of Topliss-reactive ketones (excluding diaryl/α,β-unsaturated/α-hetero) is 2. The van der Waals surface area contributed by atoms with Gasteiger partial charge in [-0.05, 0) is 24.0 Å². The molecule has 1 aromatic carbocycles. The first kappa shape index (κ1) is 11.9. The summed E-state index contributed by atoms with van der Waals surface area (Å²) in [6.45, 7) is 0. The monoisotopic (exact) mass is 292 g/mol. The molecule has 1 aromatic rings. The van der Waals surface area contributed by atoms with Crippen LogP contribution in [0.4, 0.5) is 0 Å². The van der Waals surface area contributed by atoms with Crippen LogP contribution in [0.3, 0.4) is 0 Å². The van der Waals surface area contributed by atoms with Gasteiger partial charge in [-0.25, -0.2) is 0 Å². The molecule has 0 amide bonds. The van der Waals surface area contributed by atoms with E-state index in [4.69, 9.17) is 4.74 Å². The van der Waals surface area contributed by atoms with Crippen molar-refractivity contribution in [3.8, 4) is 5.75 Å². The van der Waals surface area contributed by atoms with E-state index in [-0.39, 0.29) is 21.6 Å². The van der Waals surface area contributed by atoms with Gasteiger partial charge < -0.3 is 4.74 Å². The minimum Gasteiger partial charge on any atom is -0.481 e. The topological polar surface area (TPSA) is 43.4 Å². The van der Waals surface area contributed by atoms with Gasteiger partial charge in [0, 0.05) is 5.56 Å². The van der Waals surface area contributed by atoms with Crippen molar-refractivity contribution in [2.75, 3.05) is 11.5 Å². The van der Waals surface area contributed by atoms with Crippen LogP contribution in [0.15, 0.2) is 24.3 Å². The summed E-state index contributed by atoms with van der Waals surface area (Å²) in [5.74, 6) is 1.93. The Labute approximate surface area is 119 Å². The molecule has 98 valence electrons. The van der Waals surface area contributed by atoms with Crippen LogP contribution in [0, 0.1) is 5.92 Å². The Morgan fingerprint density at radius 3 is 2.63 bits per heavy atom. The molecular formula is C14H12O3S2. The molecule has 2 fully saturated rings. The van der Waals surface area contributed by atoms with Gasteiger partial charge in [0.25, 0.3) is 0 Å². The number of ether oxygens (including phenoxy) is 1. The summed E-state index contributed by atoms with van der Waals surface area (Å²) in [7, 11) is 0. The Morgan fingerprint density at radius 1 is 1.11 bits per heavy atom. The highest BCUT2D eigenvalue weighted by Crippen LogP contribution is 2.63. The lowest BCUT2D eigenvalue weighted by Gasteiger charge is -2.51. The number of benzene rings is 1. The van der Waals surface area contributed by atoms with Gasteiger partial charge in [0.05, 0.1) is 5.92 Å². The number of carbonyl (C=O) groups is 2. The molecule has 0 aromatic heterocycles. The highest BCUT2D eigenvalue weighted by molar-refractivity contribution is 8.18. The van der Waals surface area contributed by atoms with E-state index in [1.165, 1.54) is 0 Å². The lowest BCUT2D eigenvalue weighted by atomic mass is 9.72. The predicted molar refractivity (Wildman–Crippen MR) is 75.6 cm³/mol. The molecule has 1 saturated carbocycles. The molecule has 1 saturated heterocycles. The van der Waals surface area contributed by atoms with Crippen LogP contribution in [-0.4, -0.2) is 29.2 Å². The first-order valence-electron chi connectivity index (χ1n) is 6.36. The molecule has 2 aliphatic heterocycles. The van der Waals surface area contributed by atoms with Crippen molar-refractivity contribution in [1.29, 1.82) is 0 Å². The van der Waals surface area contributed by atoms with Crippen LogP contribution >= 0.6 is 23.5 Å². The Morgan fingerprint density at radius 2 is 1.84 bits per heavy atom. The normalized spacial score (nSPS) is 31.2. The van der Waals surface area contributed by atoms with Crippen molar-refractivity contribution in [2.45, 2.75) is 16.6 Å². The maximum Gasteiger partial charge on any atom is 0.240 e. The molecule has 2 atom stereocenters. The van der Waals surface area contributed by atoms with E-state index in [0.29, 0.717) is 0 Å². The fourth-order valence-electron chi connectivity index (χ4n) is 3.02. The number of fused-ring (bicyclic) bond motifs is 4. The van der Waals surface area contributed by atoms with Gasteiger partial charge in [-0.2, -0.15) is 0 Å². The Balaban J connectivity index is 1.89. The summed E-state index contributed by atoms with van der Waals surface area (Å²) in [5.41, 5.74) is 1.08. The molecule has 0 radical (unpaired) electrons. The minimum atomic E-state index is -0.555. The van der Waals surface area contributed by atoms with Crippen molar-refractivity contribution in [2.24, 2.45) is 5.92 Å². The van der Waals surface area contributed by atoms with Gasteiger partial charge in [-0.1, -0.05) is 18.2 Å². The van der Waals surface area contributed by atoms with E-state index in [0.717, 1.165) is 29.2 Å². The summed E-state index contributed by atoms with van der Waals surface area (Å²) in [6, 6.07) is 7.83. The van der Waals surface area contributed by atoms with Crippen LogP contribution in [0.25, 0.3) is 0 Å². The Bertz CT molecular complexity index is 578. The minimum absolute atomic E-state index is 0.249. The van der Waals surface area contributed by atoms with Crippen LogP contribution in [0.5, 0.6) is 5.75 Å². The summed E-state index contributed by atoms with van der Waals surface area (Å²) >= 11 is 3.62. The molecule has 1 aliphatic carbocycles. The number of rotatable bonds is 0. The van der Waals surface area contributed by atoms with E-state index >= 15 is 0 Å². The van der Waals surface area contributed by atoms with Gasteiger partial charge in [0.2, 0.25) is 11.6 Å². The number of ketones is 2. The number of hydrogen-bond donors (Lipinski definition) is 0. The van der Waals surface area contributed by atoms with Gasteiger partial charge >= 0.3 is 0 Å². The number of hydrogen-bond acceptors (Lipinski definition) is 5. The predicted octanol–water partition coefficient (Wildman–Crippen LogP) is 2.24. The molecule has 3 nitrogen and oxygen atoms in total. The molecule has 2 heterocycles. The van der Waals surface area contributed by atoms with Crippen molar-refractivity contribution < 1.29 is 14.3 Å². The van der Waals surface area contributed by atoms with Gasteiger partial charge in [-0.15, -0.1) is 23.5 Å². The summed E-state index contributed by atoms with van der Waals surface area (Å²) in [5, 5.41) is 0. The third kappa shape index (κ3) is 1.43. The third-order valence-electron chi connectivity index (χ3n) is 3.93. The van der Waals surface area contributed by atoms with Gasteiger partial charge in [0.1, 0.15) is 9.83 Å². The van der Waals surface area contributed by atoms with Gasteiger partial charge in [-0.3, -0.25) is 9.59 Å². The quantitative estimate of drug-likeness (QED) is 0.686. The average molecular weight is 292 g/mol. The second-order valence-corrected chi connectivity index (χ2v) is 7.90. The largest absolute Gasteiger partial charge is 0.481 e. The van der Waals surface area contributed by atoms with E-state index < -0.39 is 6.10 Å². The first-order valence-corrected chi connectivity index (χ1v) is 8.33. The van der Waals surface area contributed by atoms with E-state index in [9.17, 15) is 9.59 Å². The zero-order valence-electron chi connectivity index (χ0n) is 10.1. The van der Waals surface area contributed by atoms with E-state index in [2.05, 4.69) is 0 Å². The number of thioether (sulfide) groups is 2. The second-order valence-electron chi connectivity index (χ2n) is 4.96.